The molecule has 0 unspecified atom stereocenters. The van der Waals surface area contributed by atoms with Crippen LogP contribution in [0.3, 0.4) is 0 Å². The maximum Gasteiger partial charge on any atom is 0.338 e. The van der Waals surface area contributed by atoms with Crippen molar-refractivity contribution in [3.8, 4) is 22.5 Å². The summed E-state index contributed by atoms with van der Waals surface area (Å²) >= 11 is 0. The molecule has 0 fully saturated rings. The summed E-state index contributed by atoms with van der Waals surface area (Å²) in [5, 5.41) is 5.43. The molecule has 0 spiro atoms. The van der Waals surface area contributed by atoms with E-state index in [9.17, 15) is 4.79 Å². The largest absolute Gasteiger partial charge is 0.462 e. The lowest BCUT2D eigenvalue weighted by molar-refractivity contribution is 0.0527. The van der Waals surface area contributed by atoms with Gasteiger partial charge in [-0.05, 0) is 57.5 Å². The predicted octanol–water partition coefficient (Wildman–Crippen LogP) is 5.63. The van der Waals surface area contributed by atoms with Gasteiger partial charge in [0, 0.05) is 40.9 Å². The van der Waals surface area contributed by atoms with E-state index in [0.717, 1.165) is 64.1 Å². The fraction of sp³-hybridized carbons (Fsp3) is 0.286. The molecule has 4 rings (SSSR count). The summed E-state index contributed by atoms with van der Waals surface area (Å²) in [5.74, 6) is 0.466. The predicted molar refractivity (Wildman–Crippen MR) is 135 cm³/mol. The summed E-state index contributed by atoms with van der Waals surface area (Å²) in [4.78, 5) is 12.8. The Morgan fingerprint density at radius 3 is 2.45 bits per heavy atom. The molecule has 2 aromatic carbocycles. The van der Waals surface area contributed by atoms with Crippen LogP contribution in [0.4, 0.5) is 5.69 Å². The fourth-order valence-corrected chi connectivity index (χ4v) is 4.36. The zero-order valence-corrected chi connectivity index (χ0v) is 19.8. The van der Waals surface area contributed by atoms with Crippen molar-refractivity contribution in [1.29, 1.82) is 0 Å². The quantitative estimate of drug-likeness (QED) is 0.229. The lowest BCUT2D eigenvalue weighted by atomic mass is 9.90. The average molecular weight is 444 g/mol. The highest BCUT2D eigenvalue weighted by molar-refractivity contribution is 6.08. The fourth-order valence-electron chi connectivity index (χ4n) is 4.36. The van der Waals surface area contributed by atoms with Gasteiger partial charge in [-0.3, -0.25) is 0 Å². The standard InChI is InChI=1S/C28H30N2O3/c1-5-29-19-13-15-23-25(17-19)33-26-18-20(30(6-2)7-3)14-16-24(26)27(23)21-11-9-10-12-22(21)28(31)32-8-4/h9-18H,5-8H2,1-4H3/p+1. The number of anilines is 1. The van der Waals surface area contributed by atoms with Crippen LogP contribution < -0.4 is 15.2 Å². The highest BCUT2D eigenvalue weighted by atomic mass is 16.5. The van der Waals surface area contributed by atoms with E-state index >= 15 is 0 Å². The van der Waals surface area contributed by atoms with Crippen LogP contribution in [0.5, 0.6) is 0 Å². The third-order valence-electron chi connectivity index (χ3n) is 5.91. The van der Waals surface area contributed by atoms with Gasteiger partial charge >= 0.3 is 5.97 Å². The third kappa shape index (κ3) is 4.36. The number of fused-ring (bicyclic) bond motifs is 2. The Morgan fingerprint density at radius 2 is 1.73 bits per heavy atom. The number of esters is 1. The van der Waals surface area contributed by atoms with Gasteiger partial charge in [0.05, 0.1) is 18.2 Å². The molecule has 0 aromatic heterocycles. The molecular weight excluding hydrogens is 412 g/mol. The van der Waals surface area contributed by atoms with Crippen LogP contribution in [0.2, 0.25) is 0 Å². The molecule has 0 amide bonds. The molecule has 0 atom stereocenters. The van der Waals surface area contributed by atoms with Crippen LogP contribution in [0.15, 0.2) is 65.1 Å². The lowest BCUT2D eigenvalue weighted by Crippen LogP contribution is -2.29. The van der Waals surface area contributed by atoms with E-state index < -0.39 is 0 Å². The molecule has 0 saturated heterocycles. The minimum Gasteiger partial charge on any atom is -0.462 e. The van der Waals surface area contributed by atoms with Gasteiger partial charge in [-0.2, -0.15) is 0 Å². The van der Waals surface area contributed by atoms with E-state index in [4.69, 9.17) is 9.15 Å². The number of carbonyl (C=O) groups excluding carboxylic acids is 1. The monoisotopic (exact) mass is 443 g/mol. The molecule has 33 heavy (non-hydrogen) atoms. The molecule has 2 aliphatic rings. The number of benzene rings is 3. The van der Waals surface area contributed by atoms with E-state index in [0.29, 0.717) is 12.2 Å². The van der Waals surface area contributed by atoms with Gasteiger partial charge in [0.2, 0.25) is 5.36 Å². The molecule has 1 aliphatic heterocycles. The van der Waals surface area contributed by atoms with Crippen molar-refractivity contribution in [2.24, 2.45) is 0 Å². The van der Waals surface area contributed by atoms with Gasteiger partial charge in [0.15, 0.2) is 0 Å². The van der Waals surface area contributed by atoms with Crippen LogP contribution in [0.25, 0.3) is 33.4 Å². The number of carbonyl (C=O) groups is 1. The first kappa shape index (κ1) is 22.6. The summed E-state index contributed by atoms with van der Waals surface area (Å²) in [6.45, 7) is 11.2. The number of ether oxygens (including phenoxy) is 1. The van der Waals surface area contributed by atoms with Crippen molar-refractivity contribution in [2.75, 3.05) is 31.6 Å². The molecule has 0 bridgehead atoms. The van der Waals surface area contributed by atoms with Gasteiger partial charge in [-0.1, -0.05) is 18.2 Å². The Labute approximate surface area is 194 Å². The number of nitrogens with one attached hydrogen (secondary N) is 1. The topological polar surface area (TPSA) is 54.5 Å². The SMILES string of the molecule is CCNc1ccc2c(-c3ccccc3C(=O)OCC)c3ccc(=[N+](CC)CC)cc-3oc2c1. The van der Waals surface area contributed by atoms with Crippen LogP contribution in [0, 0.1) is 0 Å². The summed E-state index contributed by atoms with van der Waals surface area (Å²) in [6.07, 6.45) is 0. The Balaban J connectivity index is 2.10. The van der Waals surface area contributed by atoms with Crippen molar-refractivity contribution < 1.29 is 13.9 Å². The zero-order valence-electron chi connectivity index (χ0n) is 19.8. The molecule has 1 aliphatic carbocycles. The van der Waals surface area contributed by atoms with Crippen molar-refractivity contribution >= 4 is 22.6 Å². The summed E-state index contributed by atoms with van der Waals surface area (Å²) < 4.78 is 14.1. The van der Waals surface area contributed by atoms with Crippen molar-refractivity contribution in [3.05, 3.63) is 71.6 Å². The number of hydrogen-bond donors (Lipinski definition) is 1. The number of hydrogen-bond acceptors (Lipinski definition) is 4. The number of nitrogens with zero attached hydrogens (tertiary/aromatic N) is 1. The van der Waals surface area contributed by atoms with Crippen molar-refractivity contribution in [2.45, 2.75) is 27.7 Å². The molecular formula is C28H31N2O3+. The van der Waals surface area contributed by atoms with Crippen molar-refractivity contribution in [1.82, 2.24) is 4.58 Å². The highest BCUT2D eigenvalue weighted by Crippen LogP contribution is 2.41. The maximum absolute atomic E-state index is 12.8. The van der Waals surface area contributed by atoms with Crippen LogP contribution in [-0.4, -0.2) is 32.2 Å². The second-order valence-corrected chi connectivity index (χ2v) is 7.84. The molecule has 0 saturated carbocycles. The van der Waals surface area contributed by atoms with Gasteiger partial charge < -0.3 is 14.5 Å². The second-order valence-electron chi connectivity index (χ2n) is 7.84. The zero-order chi connectivity index (χ0) is 23.4. The molecule has 0 radical (unpaired) electrons. The lowest BCUT2D eigenvalue weighted by Gasteiger charge is -2.18. The summed E-state index contributed by atoms with van der Waals surface area (Å²) in [6, 6.07) is 20.1. The van der Waals surface area contributed by atoms with Crippen LogP contribution in [-0.2, 0) is 4.74 Å². The first-order valence-corrected chi connectivity index (χ1v) is 11.7. The third-order valence-corrected chi connectivity index (χ3v) is 5.91. The van der Waals surface area contributed by atoms with E-state index in [1.807, 2.05) is 43.3 Å². The second kappa shape index (κ2) is 9.90. The molecule has 2 aromatic rings. The van der Waals surface area contributed by atoms with E-state index in [1.54, 1.807) is 0 Å². The molecule has 170 valence electrons. The minimum atomic E-state index is -0.320. The summed E-state index contributed by atoms with van der Waals surface area (Å²) in [7, 11) is 0. The average Bonchev–Trinajstić information content (AvgIpc) is 2.83. The van der Waals surface area contributed by atoms with Gasteiger partial charge in [-0.25, -0.2) is 9.37 Å². The molecule has 1 heterocycles. The Morgan fingerprint density at radius 1 is 0.939 bits per heavy atom. The Bertz CT molecular complexity index is 1330. The Kier molecular flexibility index (Phi) is 6.78. The van der Waals surface area contributed by atoms with E-state index in [-0.39, 0.29) is 5.97 Å². The van der Waals surface area contributed by atoms with Crippen LogP contribution >= 0.6 is 0 Å². The van der Waals surface area contributed by atoms with E-state index in [1.165, 1.54) is 0 Å². The first-order valence-electron chi connectivity index (χ1n) is 11.7. The smallest absolute Gasteiger partial charge is 0.338 e. The maximum atomic E-state index is 12.8. The molecule has 5 nitrogen and oxygen atoms in total. The first-order chi connectivity index (χ1) is 16.1. The van der Waals surface area contributed by atoms with Crippen molar-refractivity contribution in [3.63, 3.8) is 0 Å². The van der Waals surface area contributed by atoms with Gasteiger partial charge in [-0.15, -0.1) is 0 Å². The van der Waals surface area contributed by atoms with Gasteiger partial charge in [0.1, 0.15) is 24.4 Å². The minimum absolute atomic E-state index is 0.320. The molecule has 1 N–H and O–H groups in total. The van der Waals surface area contributed by atoms with Crippen LogP contribution in [0.1, 0.15) is 38.1 Å². The summed E-state index contributed by atoms with van der Waals surface area (Å²) in [5.41, 5.74) is 5.10. The van der Waals surface area contributed by atoms with E-state index in [2.05, 4.69) is 54.9 Å². The van der Waals surface area contributed by atoms with Gasteiger partial charge in [0.25, 0.3) is 0 Å². The Hall–Kier alpha value is -3.60. The number of rotatable bonds is 7. The molecule has 5 heteroatoms. The highest BCUT2D eigenvalue weighted by Gasteiger charge is 2.22. The normalized spacial score (nSPS) is 11.0.